The summed E-state index contributed by atoms with van der Waals surface area (Å²) >= 11 is 6.23. The van der Waals surface area contributed by atoms with Crippen molar-refractivity contribution in [3.8, 4) is 0 Å². The summed E-state index contributed by atoms with van der Waals surface area (Å²) in [5.41, 5.74) is 0.676. The normalized spacial score (nSPS) is 20.0. The molecule has 1 aromatic rings. The third-order valence-electron chi connectivity index (χ3n) is 3.09. The first kappa shape index (κ1) is 10.9. The van der Waals surface area contributed by atoms with Gasteiger partial charge in [0.05, 0.1) is 5.38 Å². The van der Waals surface area contributed by atoms with Crippen LogP contribution in [0.5, 0.6) is 0 Å². The molecule has 0 aromatic heterocycles. The molecule has 0 saturated heterocycles. The standard InChI is InChI=1S/C12H13ClF2/c1-7(8-2-3-8)12(13)9-4-5-10(14)11(15)6-9/h4-8,12H,2-3H2,1H3. The lowest BCUT2D eigenvalue weighted by Gasteiger charge is -2.17. The minimum Gasteiger partial charge on any atom is -0.204 e. The summed E-state index contributed by atoms with van der Waals surface area (Å²) in [4.78, 5) is 0. The van der Waals surface area contributed by atoms with Crippen molar-refractivity contribution in [1.29, 1.82) is 0 Å². The predicted molar refractivity (Wildman–Crippen MR) is 56.8 cm³/mol. The number of alkyl halides is 1. The largest absolute Gasteiger partial charge is 0.204 e. The van der Waals surface area contributed by atoms with Crippen LogP contribution in [-0.2, 0) is 0 Å². The second-order valence-corrected chi connectivity index (χ2v) is 4.74. The zero-order chi connectivity index (χ0) is 11.0. The van der Waals surface area contributed by atoms with E-state index in [-0.39, 0.29) is 5.38 Å². The Labute approximate surface area is 93.2 Å². The molecule has 0 spiro atoms. The van der Waals surface area contributed by atoms with Gasteiger partial charge < -0.3 is 0 Å². The Morgan fingerprint density at radius 1 is 1.27 bits per heavy atom. The number of benzene rings is 1. The first-order valence-corrected chi connectivity index (χ1v) is 5.62. The van der Waals surface area contributed by atoms with E-state index in [1.54, 1.807) is 6.07 Å². The fourth-order valence-electron chi connectivity index (χ4n) is 1.85. The first-order valence-electron chi connectivity index (χ1n) is 5.18. The Morgan fingerprint density at radius 3 is 2.47 bits per heavy atom. The summed E-state index contributed by atoms with van der Waals surface area (Å²) in [6.45, 7) is 2.07. The van der Waals surface area contributed by atoms with Crippen LogP contribution in [0.3, 0.4) is 0 Å². The van der Waals surface area contributed by atoms with Gasteiger partial charge in [0.1, 0.15) is 0 Å². The second kappa shape index (κ2) is 4.09. The van der Waals surface area contributed by atoms with Gasteiger partial charge in [0.15, 0.2) is 11.6 Å². The zero-order valence-corrected chi connectivity index (χ0v) is 9.27. The van der Waals surface area contributed by atoms with Crippen molar-refractivity contribution in [3.63, 3.8) is 0 Å². The van der Waals surface area contributed by atoms with Crippen molar-refractivity contribution < 1.29 is 8.78 Å². The van der Waals surface area contributed by atoms with Crippen LogP contribution in [0, 0.1) is 23.5 Å². The van der Waals surface area contributed by atoms with Gasteiger partial charge in [0.25, 0.3) is 0 Å². The molecule has 1 saturated carbocycles. The van der Waals surface area contributed by atoms with Crippen LogP contribution in [0.15, 0.2) is 18.2 Å². The van der Waals surface area contributed by atoms with Crippen molar-refractivity contribution in [3.05, 3.63) is 35.4 Å². The fourth-order valence-corrected chi connectivity index (χ4v) is 2.19. The van der Waals surface area contributed by atoms with Crippen LogP contribution in [0.25, 0.3) is 0 Å². The number of halogens is 3. The molecular formula is C12H13ClF2. The lowest BCUT2D eigenvalue weighted by atomic mass is 9.96. The molecule has 1 fully saturated rings. The molecule has 0 bridgehead atoms. The molecule has 2 unspecified atom stereocenters. The summed E-state index contributed by atoms with van der Waals surface area (Å²) < 4.78 is 25.7. The Kier molecular flexibility index (Phi) is 2.96. The van der Waals surface area contributed by atoms with Gasteiger partial charge >= 0.3 is 0 Å². The molecule has 0 nitrogen and oxygen atoms in total. The highest BCUT2D eigenvalue weighted by molar-refractivity contribution is 6.21. The average molecular weight is 231 g/mol. The summed E-state index contributed by atoms with van der Waals surface area (Å²) in [6.07, 6.45) is 2.40. The number of rotatable bonds is 3. The van der Waals surface area contributed by atoms with Crippen LogP contribution in [0.4, 0.5) is 8.78 Å². The van der Waals surface area contributed by atoms with Gasteiger partial charge in [-0.2, -0.15) is 0 Å². The number of hydrogen-bond donors (Lipinski definition) is 0. The molecule has 0 amide bonds. The summed E-state index contributed by atoms with van der Waals surface area (Å²) in [5.74, 6) is -0.653. The molecule has 15 heavy (non-hydrogen) atoms. The Balaban J connectivity index is 2.17. The van der Waals surface area contributed by atoms with Crippen LogP contribution in [0.1, 0.15) is 30.7 Å². The molecule has 1 aromatic carbocycles. The Hall–Kier alpha value is -0.630. The Morgan fingerprint density at radius 2 is 1.93 bits per heavy atom. The summed E-state index contributed by atoms with van der Waals surface area (Å²) in [6, 6.07) is 3.90. The molecule has 2 rings (SSSR count). The van der Waals surface area contributed by atoms with E-state index in [4.69, 9.17) is 11.6 Å². The molecule has 3 heteroatoms. The highest BCUT2D eigenvalue weighted by atomic mass is 35.5. The molecule has 0 heterocycles. The third kappa shape index (κ3) is 2.31. The maximum atomic E-state index is 13.0. The zero-order valence-electron chi connectivity index (χ0n) is 8.51. The highest BCUT2D eigenvalue weighted by Crippen LogP contribution is 2.45. The minimum absolute atomic E-state index is 0.215. The van der Waals surface area contributed by atoms with Crippen LogP contribution in [-0.4, -0.2) is 0 Å². The van der Waals surface area contributed by atoms with Gasteiger partial charge in [0, 0.05) is 0 Å². The minimum atomic E-state index is -0.818. The maximum Gasteiger partial charge on any atom is 0.159 e. The van der Waals surface area contributed by atoms with Crippen molar-refractivity contribution in [2.24, 2.45) is 11.8 Å². The summed E-state index contributed by atoms with van der Waals surface area (Å²) in [7, 11) is 0. The van der Waals surface area contributed by atoms with E-state index in [0.717, 1.165) is 6.07 Å². The average Bonchev–Trinajstić information content (AvgIpc) is 3.03. The molecule has 82 valence electrons. The van der Waals surface area contributed by atoms with Gasteiger partial charge in [-0.25, -0.2) is 8.78 Å². The topological polar surface area (TPSA) is 0 Å². The molecule has 1 aliphatic carbocycles. The molecule has 0 aliphatic heterocycles. The quantitative estimate of drug-likeness (QED) is 0.680. The van der Waals surface area contributed by atoms with E-state index in [1.165, 1.54) is 18.9 Å². The molecule has 0 radical (unpaired) electrons. The molecule has 1 aliphatic rings. The van der Waals surface area contributed by atoms with Crippen molar-refractivity contribution in [1.82, 2.24) is 0 Å². The Bertz CT molecular complexity index is 361. The lowest BCUT2D eigenvalue weighted by Crippen LogP contribution is -2.06. The second-order valence-electron chi connectivity index (χ2n) is 4.27. The highest BCUT2D eigenvalue weighted by Gasteiger charge is 2.33. The third-order valence-corrected chi connectivity index (χ3v) is 3.74. The molecule has 0 N–H and O–H groups in total. The van der Waals surface area contributed by atoms with Crippen LogP contribution in [0.2, 0.25) is 0 Å². The molecular weight excluding hydrogens is 218 g/mol. The van der Waals surface area contributed by atoms with Crippen LogP contribution < -0.4 is 0 Å². The molecule has 2 atom stereocenters. The van der Waals surface area contributed by atoms with Crippen LogP contribution >= 0.6 is 11.6 Å². The van der Waals surface area contributed by atoms with E-state index in [2.05, 4.69) is 6.92 Å². The van der Waals surface area contributed by atoms with Gasteiger partial charge in [-0.3, -0.25) is 0 Å². The van der Waals surface area contributed by atoms with E-state index >= 15 is 0 Å². The maximum absolute atomic E-state index is 13.0. The van der Waals surface area contributed by atoms with Crippen molar-refractivity contribution in [2.45, 2.75) is 25.1 Å². The first-order chi connectivity index (χ1) is 7.09. The SMILES string of the molecule is CC(C1CC1)C(Cl)c1ccc(F)c(F)c1. The fraction of sp³-hybridized carbons (Fsp3) is 0.500. The monoisotopic (exact) mass is 230 g/mol. The van der Waals surface area contributed by atoms with Gasteiger partial charge in [0.2, 0.25) is 0 Å². The summed E-state index contributed by atoms with van der Waals surface area (Å²) in [5, 5.41) is -0.215. The van der Waals surface area contributed by atoms with Crippen molar-refractivity contribution >= 4 is 11.6 Å². The van der Waals surface area contributed by atoms with Gasteiger partial charge in [-0.05, 0) is 42.4 Å². The van der Waals surface area contributed by atoms with Gasteiger partial charge in [-0.1, -0.05) is 13.0 Å². The van der Waals surface area contributed by atoms with E-state index < -0.39 is 11.6 Å². The van der Waals surface area contributed by atoms with E-state index in [1.807, 2.05) is 0 Å². The van der Waals surface area contributed by atoms with Crippen molar-refractivity contribution in [2.75, 3.05) is 0 Å². The van der Waals surface area contributed by atoms with Gasteiger partial charge in [-0.15, -0.1) is 11.6 Å². The predicted octanol–water partition coefficient (Wildman–Crippen LogP) is 4.29. The van der Waals surface area contributed by atoms with E-state index in [9.17, 15) is 8.78 Å². The smallest absolute Gasteiger partial charge is 0.159 e. The lowest BCUT2D eigenvalue weighted by molar-refractivity contribution is 0.480. The van der Waals surface area contributed by atoms with E-state index in [0.29, 0.717) is 17.4 Å². The number of hydrogen-bond acceptors (Lipinski definition) is 0.